The van der Waals surface area contributed by atoms with Crippen LogP contribution in [0.1, 0.15) is 52.4 Å². The van der Waals surface area contributed by atoms with Gasteiger partial charge in [0.1, 0.15) is 6.42 Å². The van der Waals surface area contributed by atoms with Crippen LogP contribution >= 0.6 is 15.9 Å². The number of ether oxygens (including phenoxy) is 1. The first kappa shape index (κ1) is 15.6. The predicted molar refractivity (Wildman–Crippen MR) is 67.7 cm³/mol. The van der Waals surface area contributed by atoms with Crippen LogP contribution in [0.3, 0.4) is 0 Å². The molecule has 0 aliphatic rings. The number of carbonyl (C=O) groups is 2. The molecule has 0 aliphatic carbocycles. The molecule has 0 aromatic rings. The minimum atomic E-state index is -0.410. The van der Waals surface area contributed by atoms with Crippen LogP contribution in [0.4, 0.5) is 0 Å². The third-order valence-electron chi connectivity index (χ3n) is 2.29. The molecule has 0 N–H and O–H groups in total. The van der Waals surface area contributed by atoms with Crippen molar-refractivity contribution >= 4 is 27.7 Å². The summed E-state index contributed by atoms with van der Waals surface area (Å²) in [5.74, 6) is -0.546. The van der Waals surface area contributed by atoms with Crippen LogP contribution in [0.5, 0.6) is 0 Å². The average molecular weight is 293 g/mol. The minimum absolute atomic E-state index is 0.0764. The highest BCUT2D eigenvalue weighted by molar-refractivity contribution is 9.09. The Morgan fingerprint density at radius 1 is 1.25 bits per heavy atom. The number of rotatable bonds is 9. The van der Waals surface area contributed by atoms with Gasteiger partial charge in [0, 0.05) is 0 Å². The molecule has 4 heteroatoms. The van der Waals surface area contributed by atoms with E-state index in [1.165, 1.54) is 19.3 Å². The summed E-state index contributed by atoms with van der Waals surface area (Å²) in [4.78, 5) is 22.2. The number of halogens is 1. The zero-order chi connectivity index (χ0) is 12.4. The standard InChI is InChI=1S/C12H21BrO3/c1-3-4-5-6-7-10(2)16-12(15)8-11(14)9-13/h10H,3-9H2,1-2H3. The molecule has 0 bridgehead atoms. The van der Waals surface area contributed by atoms with Crippen molar-refractivity contribution in [3.63, 3.8) is 0 Å². The lowest BCUT2D eigenvalue weighted by atomic mass is 10.1. The van der Waals surface area contributed by atoms with Crippen molar-refractivity contribution in [2.45, 2.75) is 58.5 Å². The third-order valence-corrected chi connectivity index (χ3v) is 2.91. The van der Waals surface area contributed by atoms with E-state index in [1.54, 1.807) is 0 Å². The van der Waals surface area contributed by atoms with E-state index in [9.17, 15) is 9.59 Å². The topological polar surface area (TPSA) is 43.4 Å². The van der Waals surface area contributed by atoms with Crippen molar-refractivity contribution in [2.75, 3.05) is 5.33 Å². The highest BCUT2D eigenvalue weighted by Gasteiger charge is 2.12. The number of carbonyl (C=O) groups excluding carboxylic acids is 2. The van der Waals surface area contributed by atoms with Gasteiger partial charge < -0.3 is 4.74 Å². The fraction of sp³-hybridized carbons (Fsp3) is 0.833. The van der Waals surface area contributed by atoms with Gasteiger partial charge in [0.25, 0.3) is 0 Å². The van der Waals surface area contributed by atoms with Crippen LogP contribution in [-0.2, 0) is 14.3 Å². The second-order valence-electron chi connectivity index (χ2n) is 4.00. The Morgan fingerprint density at radius 3 is 2.50 bits per heavy atom. The first-order chi connectivity index (χ1) is 7.60. The van der Waals surface area contributed by atoms with Gasteiger partial charge in [-0.3, -0.25) is 9.59 Å². The number of hydrogen-bond donors (Lipinski definition) is 0. The van der Waals surface area contributed by atoms with Crippen LogP contribution in [0.25, 0.3) is 0 Å². The Labute approximate surface area is 106 Å². The van der Waals surface area contributed by atoms with E-state index in [4.69, 9.17) is 4.74 Å². The maximum absolute atomic E-state index is 11.2. The highest BCUT2D eigenvalue weighted by Crippen LogP contribution is 2.08. The lowest BCUT2D eigenvalue weighted by Crippen LogP contribution is -2.18. The second-order valence-corrected chi connectivity index (χ2v) is 4.56. The fourth-order valence-corrected chi connectivity index (χ4v) is 1.59. The van der Waals surface area contributed by atoms with E-state index in [1.807, 2.05) is 6.92 Å². The minimum Gasteiger partial charge on any atom is -0.462 e. The van der Waals surface area contributed by atoms with Gasteiger partial charge in [0.05, 0.1) is 11.4 Å². The van der Waals surface area contributed by atoms with Crippen molar-refractivity contribution in [1.29, 1.82) is 0 Å². The summed E-state index contributed by atoms with van der Waals surface area (Å²) < 4.78 is 5.12. The van der Waals surface area contributed by atoms with Gasteiger partial charge in [-0.2, -0.15) is 0 Å². The molecular formula is C12H21BrO3. The van der Waals surface area contributed by atoms with Crippen LogP contribution in [0.15, 0.2) is 0 Å². The first-order valence-corrected chi connectivity index (χ1v) is 6.99. The van der Waals surface area contributed by atoms with E-state index < -0.39 is 5.97 Å². The zero-order valence-electron chi connectivity index (χ0n) is 10.1. The molecule has 1 unspecified atom stereocenters. The monoisotopic (exact) mass is 292 g/mol. The van der Waals surface area contributed by atoms with E-state index in [2.05, 4.69) is 22.9 Å². The van der Waals surface area contributed by atoms with Crippen LogP contribution in [-0.4, -0.2) is 23.2 Å². The molecule has 3 nitrogen and oxygen atoms in total. The maximum atomic E-state index is 11.2. The quantitative estimate of drug-likeness (QED) is 0.284. The summed E-state index contributed by atoms with van der Waals surface area (Å²) in [7, 11) is 0. The van der Waals surface area contributed by atoms with E-state index >= 15 is 0 Å². The van der Waals surface area contributed by atoms with Crippen molar-refractivity contribution in [1.82, 2.24) is 0 Å². The summed E-state index contributed by atoms with van der Waals surface area (Å²) in [6.45, 7) is 4.04. The summed E-state index contributed by atoms with van der Waals surface area (Å²) in [6.07, 6.45) is 5.37. The lowest BCUT2D eigenvalue weighted by Gasteiger charge is -2.12. The lowest BCUT2D eigenvalue weighted by molar-refractivity contribution is -0.150. The van der Waals surface area contributed by atoms with Gasteiger partial charge in [-0.1, -0.05) is 42.1 Å². The molecule has 1 atom stereocenters. The number of alkyl halides is 1. The third kappa shape index (κ3) is 8.89. The molecule has 0 amide bonds. The molecule has 0 aromatic carbocycles. The summed E-state index contributed by atoms with van der Waals surface area (Å²) in [6, 6.07) is 0. The van der Waals surface area contributed by atoms with Gasteiger partial charge in [0.2, 0.25) is 0 Å². The van der Waals surface area contributed by atoms with E-state index in [0.29, 0.717) is 0 Å². The molecule has 0 radical (unpaired) electrons. The Kier molecular flexibility index (Phi) is 9.59. The van der Waals surface area contributed by atoms with Gasteiger partial charge in [-0.25, -0.2) is 0 Å². The summed E-state index contributed by atoms with van der Waals surface area (Å²) in [5, 5.41) is 0.215. The number of esters is 1. The van der Waals surface area contributed by atoms with Gasteiger partial charge in [0.15, 0.2) is 5.78 Å². The Hall–Kier alpha value is -0.380. The van der Waals surface area contributed by atoms with E-state index in [0.717, 1.165) is 12.8 Å². The maximum Gasteiger partial charge on any atom is 0.313 e. The Morgan fingerprint density at radius 2 is 1.94 bits per heavy atom. The number of unbranched alkanes of at least 4 members (excludes halogenated alkanes) is 3. The molecule has 0 spiro atoms. The van der Waals surface area contributed by atoms with Gasteiger partial charge >= 0.3 is 5.97 Å². The summed E-state index contributed by atoms with van der Waals surface area (Å²) >= 11 is 3.01. The van der Waals surface area contributed by atoms with Crippen LogP contribution in [0, 0.1) is 0 Å². The van der Waals surface area contributed by atoms with Crippen molar-refractivity contribution in [2.24, 2.45) is 0 Å². The van der Waals surface area contributed by atoms with Crippen molar-refractivity contribution in [3.8, 4) is 0 Å². The fourth-order valence-electron chi connectivity index (χ4n) is 1.39. The average Bonchev–Trinajstić information content (AvgIpc) is 2.24. The predicted octanol–water partition coefficient (Wildman–Crippen LogP) is 3.24. The summed E-state index contributed by atoms with van der Waals surface area (Å²) in [5.41, 5.74) is 0. The molecule has 0 saturated carbocycles. The van der Waals surface area contributed by atoms with Crippen LogP contribution in [0.2, 0.25) is 0 Å². The Balaban J connectivity index is 3.58. The SMILES string of the molecule is CCCCCCC(C)OC(=O)CC(=O)CBr. The van der Waals surface area contributed by atoms with Crippen molar-refractivity contribution in [3.05, 3.63) is 0 Å². The highest BCUT2D eigenvalue weighted by atomic mass is 79.9. The molecule has 0 aliphatic heterocycles. The molecule has 0 fully saturated rings. The van der Waals surface area contributed by atoms with Gasteiger partial charge in [-0.15, -0.1) is 0 Å². The molecule has 16 heavy (non-hydrogen) atoms. The Bertz CT molecular complexity index is 216. The number of Topliss-reactive ketones (excluding diaryl/α,β-unsaturated/α-hetero) is 1. The first-order valence-electron chi connectivity index (χ1n) is 5.87. The molecule has 0 rings (SSSR count). The second kappa shape index (κ2) is 9.82. The smallest absolute Gasteiger partial charge is 0.313 e. The molecule has 0 aromatic heterocycles. The number of hydrogen-bond acceptors (Lipinski definition) is 3. The molecular weight excluding hydrogens is 272 g/mol. The van der Waals surface area contributed by atoms with Crippen molar-refractivity contribution < 1.29 is 14.3 Å². The zero-order valence-corrected chi connectivity index (χ0v) is 11.7. The molecule has 0 heterocycles. The van der Waals surface area contributed by atoms with Gasteiger partial charge in [-0.05, 0) is 19.8 Å². The largest absolute Gasteiger partial charge is 0.462 e. The molecule has 0 saturated heterocycles. The van der Waals surface area contributed by atoms with Crippen LogP contribution < -0.4 is 0 Å². The molecule has 94 valence electrons. The van der Waals surface area contributed by atoms with E-state index in [-0.39, 0.29) is 23.6 Å². The number of ketones is 1. The normalized spacial score (nSPS) is 12.2.